The minimum atomic E-state index is -0.519. The molecule has 16 heavy (non-hydrogen) atoms. The van der Waals surface area contributed by atoms with Gasteiger partial charge in [0.15, 0.2) is 0 Å². The first kappa shape index (κ1) is 12.4. The molecule has 0 unspecified atom stereocenters. The Bertz CT molecular complexity index is 372. The molecule has 88 valence electrons. The Morgan fingerprint density at radius 2 is 2.25 bits per heavy atom. The van der Waals surface area contributed by atoms with Crippen LogP contribution in [0.25, 0.3) is 0 Å². The van der Waals surface area contributed by atoms with Gasteiger partial charge in [0.25, 0.3) is 0 Å². The van der Waals surface area contributed by atoms with Crippen LogP contribution in [0.5, 0.6) is 0 Å². The second-order valence-electron chi connectivity index (χ2n) is 4.36. The Labute approximate surface area is 95.0 Å². The standard InChI is InChI=1S/C11H17N3O2/c1-11(2,3)16-10(15)14-9-7-13-5-4-8(9)6-12/h4-5,7H,6,12H2,1-3H3,(H,14,15). The number of pyridine rings is 1. The fraction of sp³-hybridized carbons (Fsp3) is 0.455. The van der Waals surface area contributed by atoms with Crippen LogP contribution in [-0.2, 0) is 11.3 Å². The first-order chi connectivity index (χ1) is 7.42. The number of nitrogens with zero attached hydrogens (tertiary/aromatic N) is 1. The number of amides is 1. The van der Waals surface area contributed by atoms with E-state index in [4.69, 9.17) is 10.5 Å². The van der Waals surface area contributed by atoms with Gasteiger partial charge < -0.3 is 10.5 Å². The van der Waals surface area contributed by atoms with Crippen LogP contribution in [0.15, 0.2) is 18.5 Å². The summed E-state index contributed by atoms with van der Waals surface area (Å²) in [6, 6.07) is 1.76. The molecule has 1 aromatic rings. The minimum absolute atomic E-state index is 0.341. The largest absolute Gasteiger partial charge is 0.444 e. The van der Waals surface area contributed by atoms with Crippen molar-refractivity contribution in [2.45, 2.75) is 32.9 Å². The van der Waals surface area contributed by atoms with Crippen LogP contribution in [0.3, 0.4) is 0 Å². The number of anilines is 1. The van der Waals surface area contributed by atoms with E-state index in [-0.39, 0.29) is 0 Å². The van der Waals surface area contributed by atoms with E-state index in [0.717, 1.165) is 5.56 Å². The van der Waals surface area contributed by atoms with Crippen LogP contribution in [0.1, 0.15) is 26.3 Å². The molecule has 0 aliphatic heterocycles. The van der Waals surface area contributed by atoms with Crippen molar-refractivity contribution >= 4 is 11.8 Å². The van der Waals surface area contributed by atoms with Crippen LogP contribution in [0, 0.1) is 0 Å². The van der Waals surface area contributed by atoms with Crippen molar-refractivity contribution < 1.29 is 9.53 Å². The Morgan fingerprint density at radius 1 is 1.56 bits per heavy atom. The zero-order valence-corrected chi connectivity index (χ0v) is 9.78. The molecule has 0 aliphatic rings. The maximum atomic E-state index is 11.5. The smallest absolute Gasteiger partial charge is 0.412 e. The molecule has 3 N–H and O–H groups in total. The van der Waals surface area contributed by atoms with Gasteiger partial charge in [-0.1, -0.05) is 0 Å². The molecule has 0 radical (unpaired) electrons. The predicted molar refractivity (Wildman–Crippen MR) is 62.0 cm³/mol. The lowest BCUT2D eigenvalue weighted by molar-refractivity contribution is 0.0635. The molecule has 1 rings (SSSR count). The van der Waals surface area contributed by atoms with E-state index in [1.807, 2.05) is 0 Å². The predicted octanol–water partition coefficient (Wildman–Crippen LogP) is 1.89. The number of hydrogen-bond donors (Lipinski definition) is 2. The van der Waals surface area contributed by atoms with Crippen LogP contribution in [0.2, 0.25) is 0 Å². The summed E-state index contributed by atoms with van der Waals surface area (Å²) >= 11 is 0. The third kappa shape index (κ3) is 3.86. The molecule has 5 nitrogen and oxygen atoms in total. The van der Waals surface area contributed by atoms with Crippen LogP contribution < -0.4 is 11.1 Å². The average molecular weight is 223 g/mol. The fourth-order valence-corrected chi connectivity index (χ4v) is 1.13. The monoisotopic (exact) mass is 223 g/mol. The zero-order chi connectivity index (χ0) is 12.2. The van der Waals surface area contributed by atoms with Crippen LogP contribution in [0.4, 0.5) is 10.5 Å². The first-order valence-electron chi connectivity index (χ1n) is 5.05. The molecule has 0 aliphatic carbocycles. The zero-order valence-electron chi connectivity index (χ0n) is 9.78. The number of nitrogens with two attached hydrogens (primary N) is 1. The van der Waals surface area contributed by atoms with Crippen molar-refractivity contribution in [3.8, 4) is 0 Å². The van der Waals surface area contributed by atoms with Crippen molar-refractivity contribution in [2.75, 3.05) is 5.32 Å². The van der Waals surface area contributed by atoms with Crippen molar-refractivity contribution in [3.05, 3.63) is 24.0 Å². The van der Waals surface area contributed by atoms with E-state index in [1.165, 1.54) is 0 Å². The summed E-state index contributed by atoms with van der Waals surface area (Å²) in [5, 5.41) is 2.61. The van der Waals surface area contributed by atoms with Gasteiger partial charge in [-0.15, -0.1) is 0 Å². The van der Waals surface area contributed by atoms with Crippen molar-refractivity contribution in [1.82, 2.24) is 4.98 Å². The molecule has 0 atom stereocenters. The van der Waals surface area contributed by atoms with Gasteiger partial charge in [0.1, 0.15) is 5.60 Å². The van der Waals surface area contributed by atoms with E-state index >= 15 is 0 Å². The van der Waals surface area contributed by atoms with Crippen LogP contribution >= 0.6 is 0 Å². The Balaban J connectivity index is 2.70. The molecular formula is C11H17N3O2. The van der Waals surface area contributed by atoms with E-state index < -0.39 is 11.7 Å². The molecule has 0 bridgehead atoms. The summed E-state index contributed by atoms with van der Waals surface area (Å²) in [7, 11) is 0. The molecule has 0 saturated carbocycles. The topological polar surface area (TPSA) is 77.2 Å². The highest BCUT2D eigenvalue weighted by Gasteiger charge is 2.16. The highest BCUT2D eigenvalue weighted by molar-refractivity contribution is 5.85. The Hall–Kier alpha value is -1.62. The molecule has 0 aromatic carbocycles. The van der Waals surface area contributed by atoms with Gasteiger partial charge in [0.2, 0.25) is 0 Å². The molecular weight excluding hydrogens is 206 g/mol. The normalized spacial score (nSPS) is 11.0. The van der Waals surface area contributed by atoms with Gasteiger partial charge in [-0.25, -0.2) is 4.79 Å². The number of nitrogens with one attached hydrogen (secondary N) is 1. The van der Waals surface area contributed by atoms with Gasteiger partial charge >= 0.3 is 6.09 Å². The summed E-state index contributed by atoms with van der Waals surface area (Å²) in [6.45, 7) is 5.76. The number of rotatable bonds is 2. The quantitative estimate of drug-likeness (QED) is 0.802. The lowest BCUT2D eigenvalue weighted by atomic mass is 10.2. The molecule has 0 spiro atoms. The molecule has 5 heteroatoms. The average Bonchev–Trinajstić information content (AvgIpc) is 2.15. The molecule has 1 aromatic heterocycles. The van der Waals surface area contributed by atoms with E-state index in [2.05, 4.69) is 10.3 Å². The summed E-state index contributed by atoms with van der Waals surface area (Å²) in [6.07, 6.45) is 2.67. The summed E-state index contributed by atoms with van der Waals surface area (Å²) in [5.41, 5.74) is 6.42. The van der Waals surface area contributed by atoms with Crippen molar-refractivity contribution in [3.63, 3.8) is 0 Å². The third-order valence-corrected chi connectivity index (χ3v) is 1.77. The van der Waals surface area contributed by atoms with Crippen molar-refractivity contribution in [2.24, 2.45) is 5.73 Å². The molecule has 1 heterocycles. The van der Waals surface area contributed by atoms with Gasteiger partial charge in [0, 0.05) is 12.7 Å². The van der Waals surface area contributed by atoms with Gasteiger partial charge in [-0.2, -0.15) is 0 Å². The van der Waals surface area contributed by atoms with Crippen molar-refractivity contribution in [1.29, 1.82) is 0 Å². The van der Waals surface area contributed by atoms with Crippen LogP contribution in [-0.4, -0.2) is 16.7 Å². The van der Waals surface area contributed by atoms with E-state index in [9.17, 15) is 4.79 Å². The van der Waals surface area contributed by atoms with Gasteiger partial charge in [-0.05, 0) is 32.4 Å². The Morgan fingerprint density at radius 3 is 2.81 bits per heavy atom. The maximum absolute atomic E-state index is 11.5. The lowest BCUT2D eigenvalue weighted by Crippen LogP contribution is -2.27. The molecule has 0 saturated heterocycles. The second kappa shape index (κ2) is 4.94. The number of carbonyl (C=O) groups is 1. The fourth-order valence-electron chi connectivity index (χ4n) is 1.13. The number of carbonyl (C=O) groups excluding carboxylic acids is 1. The van der Waals surface area contributed by atoms with E-state index in [0.29, 0.717) is 12.2 Å². The minimum Gasteiger partial charge on any atom is -0.444 e. The summed E-state index contributed by atoms with van der Waals surface area (Å²) < 4.78 is 5.12. The number of hydrogen-bond acceptors (Lipinski definition) is 4. The van der Waals surface area contributed by atoms with Gasteiger partial charge in [0.05, 0.1) is 11.9 Å². The lowest BCUT2D eigenvalue weighted by Gasteiger charge is -2.20. The van der Waals surface area contributed by atoms with Gasteiger partial charge in [-0.3, -0.25) is 10.3 Å². The molecule has 0 fully saturated rings. The highest BCUT2D eigenvalue weighted by Crippen LogP contribution is 2.14. The highest BCUT2D eigenvalue weighted by atomic mass is 16.6. The third-order valence-electron chi connectivity index (χ3n) is 1.77. The Kier molecular flexibility index (Phi) is 3.84. The number of ether oxygens (including phenoxy) is 1. The number of aromatic nitrogens is 1. The second-order valence-corrected chi connectivity index (χ2v) is 4.36. The summed E-state index contributed by atoms with van der Waals surface area (Å²) in [5.74, 6) is 0. The molecule has 1 amide bonds. The first-order valence-corrected chi connectivity index (χ1v) is 5.05. The maximum Gasteiger partial charge on any atom is 0.412 e. The van der Waals surface area contributed by atoms with E-state index in [1.54, 1.807) is 39.2 Å². The summed E-state index contributed by atoms with van der Waals surface area (Å²) in [4.78, 5) is 15.4. The SMILES string of the molecule is CC(C)(C)OC(=O)Nc1cnccc1CN.